The third-order valence-corrected chi connectivity index (χ3v) is 9.46. The fourth-order valence-electron chi connectivity index (χ4n) is 5.11. The maximum absolute atomic E-state index is 13.3. The van der Waals surface area contributed by atoms with E-state index in [1.807, 2.05) is 4.90 Å². The topological polar surface area (TPSA) is 217 Å². The summed E-state index contributed by atoms with van der Waals surface area (Å²) in [5.41, 5.74) is 4.71. The smallest absolute Gasteiger partial charge is 0.352 e. The molecule has 6 N–H and O–H groups in total. The van der Waals surface area contributed by atoms with Gasteiger partial charge in [-0.1, -0.05) is 16.8 Å². The molecule has 5 rings (SSSR count). The van der Waals surface area contributed by atoms with Crippen LogP contribution in [0.4, 0.5) is 5.13 Å². The van der Waals surface area contributed by atoms with Crippen molar-refractivity contribution in [3.8, 4) is 0 Å². The number of aliphatic carboxylic acids is 2. The number of allylic oxidation sites excluding steroid dienone is 1. The number of thioether (sulfide) groups is 1. The molecule has 3 fully saturated rings. The Labute approximate surface area is 254 Å². The number of nitrogens with one attached hydrogen (secondary N) is 2. The van der Waals surface area contributed by atoms with Crippen molar-refractivity contribution in [2.45, 2.75) is 56.2 Å². The maximum Gasteiger partial charge on any atom is 0.352 e. The van der Waals surface area contributed by atoms with Crippen LogP contribution in [0.15, 0.2) is 33.5 Å². The number of rotatable bonds is 9. The Bertz CT molecular complexity index is 1460. The molecule has 4 aliphatic heterocycles. The summed E-state index contributed by atoms with van der Waals surface area (Å²) in [6.07, 6.45) is 4.18. The first-order valence-corrected chi connectivity index (χ1v) is 15.4. The number of oxime groups is 1. The summed E-state index contributed by atoms with van der Waals surface area (Å²) in [5, 5.41) is 29.7. The number of hydrogen-bond donors (Lipinski definition) is 5. The predicted molar refractivity (Wildman–Crippen MR) is 156 cm³/mol. The normalized spacial score (nSPS) is 25.1. The van der Waals surface area contributed by atoms with E-state index in [1.54, 1.807) is 6.08 Å². The van der Waals surface area contributed by atoms with Crippen LogP contribution in [-0.4, -0.2) is 109 Å². The molecule has 17 heteroatoms. The maximum atomic E-state index is 13.3. The highest BCUT2D eigenvalue weighted by molar-refractivity contribution is 8.00. The van der Waals surface area contributed by atoms with Crippen LogP contribution in [0.3, 0.4) is 0 Å². The fraction of sp³-hybridized carbons (Fsp3) is 0.500. The second-order valence-electron chi connectivity index (χ2n) is 10.9. The van der Waals surface area contributed by atoms with Gasteiger partial charge in [0.25, 0.3) is 11.8 Å². The summed E-state index contributed by atoms with van der Waals surface area (Å²) < 4.78 is 0. The van der Waals surface area contributed by atoms with E-state index in [9.17, 15) is 34.2 Å². The minimum atomic E-state index is -1.77. The summed E-state index contributed by atoms with van der Waals surface area (Å²) in [6, 6.07) is -1.44. The average molecular weight is 634 g/mol. The zero-order valence-corrected chi connectivity index (χ0v) is 25.0. The lowest BCUT2D eigenvalue weighted by Gasteiger charge is -2.49. The number of carboxylic acids is 2. The Morgan fingerprint density at radius 2 is 1.98 bits per heavy atom. The number of carboxylic acid groups (broad SMARTS) is 2. The molecule has 0 bridgehead atoms. The van der Waals surface area contributed by atoms with E-state index in [0.717, 1.165) is 47.7 Å². The fourth-order valence-corrected chi connectivity index (χ4v) is 6.97. The number of nitrogens with zero attached hydrogens (tertiary/aromatic N) is 4. The molecule has 3 atom stereocenters. The van der Waals surface area contributed by atoms with E-state index in [1.165, 1.54) is 31.0 Å². The summed E-state index contributed by atoms with van der Waals surface area (Å²) in [4.78, 5) is 75.1. The minimum absolute atomic E-state index is 0.0211. The molecule has 15 nitrogen and oxygen atoms in total. The molecule has 0 aromatic carbocycles. The van der Waals surface area contributed by atoms with Gasteiger partial charge in [-0.25, -0.2) is 14.6 Å². The van der Waals surface area contributed by atoms with Crippen molar-refractivity contribution in [1.82, 2.24) is 25.4 Å². The molecule has 0 spiro atoms. The summed E-state index contributed by atoms with van der Waals surface area (Å²) in [6.45, 7) is 4.42. The Balaban J connectivity index is 1.31. The highest BCUT2D eigenvalue weighted by Gasteiger charge is 2.54. The van der Waals surface area contributed by atoms with Gasteiger partial charge in [0, 0.05) is 30.8 Å². The molecule has 3 saturated heterocycles. The van der Waals surface area contributed by atoms with Gasteiger partial charge in [-0.3, -0.25) is 19.3 Å². The lowest BCUT2D eigenvalue weighted by Crippen LogP contribution is -2.71. The molecular formula is C26H31N7O8S2. The van der Waals surface area contributed by atoms with Gasteiger partial charge in [-0.05, 0) is 38.7 Å². The van der Waals surface area contributed by atoms with Crippen molar-refractivity contribution in [2.24, 2.45) is 5.16 Å². The second-order valence-corrected chi connectivity index (χ2v) is 12.9. The molecule has 43 heavy (non-hydrogen) atoms. The van der Waals surface area contributed by atoms with Crippen LogP contribution < -0.4 is 16.4 Å². The Morgan fingerprint density at radius 1 is 1.26 bits per heavy atom. The first-order chi connectivity index (χ1) is 20.4. The summed E-state index contributed by atoms with van der Waals surface area (Å²) in [7, 11) is 0. The van der Waals surface area contributed by atoms with Crippen molar-refractivity contribution >= 4 is 63.6 Å². The van der Waals surface area contributed by atoms with Crippen molar-refractivity contribution in [2.75, 3.05) is 31.1 Å². The number of carbonyl (C=O) groups is 5. The quantitative estimate of drug-likeness (QED) is 0.138. The van der Waals surface area contributed by atoms with Crippen LogP contribution in [0.25, 0.3) is 0 Å². The van der Waals surface area contributed by atoms with Gasteiger partial charge >= 0.3 is 11.9 Å². The van der Waals surface area contributed by atoms with Gasteiger partial charge in [0.15, 0.2) is 10.8 Å². The lowest BCUT2D eigenvalue weighted by atomic mass is 10.0. The van der Waals surface area contributed by atoms with E-state index in [-0.39, 0.29) is 39.9 Å². The van der Waals surface area contributed by atoms with Crippen molar-refractivity contribution in [3.05, 3.63) is 34.0 Å². The Hall–Kier alpha value is -3.96. The molecule has 230 valence electrons. The molecule has 1 unspecified atom stereocenters. The zero-order valence-electron chi connectivity index (χ0n) is 23.4. The van der Waals surface area contributed by atoms with Gasteiger partial charge in [0.05, 0.1) is 6.04 Å². The number of fused-ring (bicyclic) bond motifs is 1. The van der Waals surface area contributed by atoms with Crippen molar-refractivity contribution in [3.63, 3.8) is 0 Å². The third kappa shape index (κ3) is 6.09. The van der Waals surface area contributed by atoms with Crippen molar-refractivity contribution < 1.29 is 39.0 Å². The van der Waals surface area contributed by atoms with E-state index in [4.69, 9.17) is 10.6 Å². The highest BCUT2D eigenvalue weighted by atomic mass is 32.2. The van der Waals surface area contributed by atoms with Gasteiger partial charge < -0.3 is 36.3 Å². The first kappa shape index (κ1) is 30.5. The number of thiazole rings is 1. The van der Waals surface area contributed by atoms with Crippen LogP contribution in [0.1, 0.15) is 38.8 Å². The second kappa shape index (κ2) is 12.0. The first-order valence-electron chi connectivity index (χ1n) is 13.5. The number of carbonyl (C=O) groups excluding carboxylic acids is 3. The van der Waals surface area contributed by atoms with Crippen LogP contribution in [0, 0.1) is 0 Å². The average Bonchev–Trinajstić information content (AvgIpc) is 3.74. The van der Waals surface area contributed by atoms with Gasteiger partial charge in [0.2, 0.25) is 11.5 Å². The van der Waals surface area contributed by atoms with E-state index in [0.29, 0.717) is 18.5 Å². The number of β-lactam (4-membered cyclic amide) rings is 1. The molecule has 0 saturated carbocycles. The number of aromatic nitrogens is 1. The standard InChI is InChI=1S/C26H31N7O8S2/c1-26(2,24(39)40)41-31-16(15-11-43-25(27)29-15)19(34)30-17-21(36)33-18(23(37)38)13(10-42-22(17)33)7-12-8-14(28-9-12)20(35)32-5-3-4-6-32/h7,11,14,17,22,28H,3-6,8-10H2,1-2H3,(H2,27,29)(H,30,34)(H,37,38)(H,39,40)/b12-7-,31-16-/t14?,17-,22-/m1/s1. The van der Waals surface area contributed by atoms with E-state index >= 15 is 0 Å². The molecule has 5 heterocycles. The number of nitrogens with two attached hydrogens (primary N) is 1. The van der Waals surface area contributed by atoms with Gasteiger partial charge in [0.1, 0.15) is 22.8 Å². The monoisotopic (exact) mass is 633 g/mol. The number of likely N-dealkylation sites (tertiary alicyclic amines) is 1. The van der Waals surface area contributed by atoms with E-state index in [2.05, 4.69) is 20.8 Å². The third-order valence-electron chi connectivity index (χ3n) is 7.48. The number of anilines is 1. The molecule has 0 aliphatic carbocycles. The Kier molecular flexibility index (Phi) is 8.49. The number of hydrogen-bond acceptors (Lipinski definition) is 12. The van der Waals surface area contributed by atoms with Crippen LogP contribution >= 0.6 is 23.1 Å². The van der Waals surface area contributed by atoms with Crippen molar-refractivity contribution in [1.29, 1.82) is 0 Å². The van der Waals surface area contributed by atoms with Crippen LogP contribution in [-0.2, 0) is 28.8 Å². The number of nitrogen functional groups attached to an aromatic ring is 1. The molecule has 1 aromatic heterocycles. The van der Waals surface area contributed by atoms with Gasteiger partial charge in [-0.2, -0.15) is 0 Å². The molecule has 3 amide bonds. The minimum Gasteiger partial charge on any atom is -0.478 e. The molecular weight excluding hydrogens is 602 g/mol. The molecule has 0 radical (unpaired) electrons. The lowest BCUT2D eigenvalue weighted by molar-refractivity contribution is -0.161. The van der Waals surface area contributed by atoms with Crippen LogP contribution in [0.2, 0.25) is 0 Å². The highest BCUT2D eigenvalue weighted by Crippen LogP contribution is 2.41. The van der Waals surface area contributed by atoms with Gasteiger partial charge in [-0.15, -0.1) is 23.1 Å². The SMILES string of the molecule is CC(C)(O/N=C(\C(=O)N[C@@H]1C(=O)N2C(C(=O)O)=C(/C=C3\CNC(C(=O)N4CCCC4)C3)CS[C@H]12)c1csc(N)n1)C(=O)O. The summed E-state index contributed by atoms with van der Waals surface area (Å²) >= 11 is 2.31. The largest absolute Gasteiger partial charge is 0.478 e. The summed E-state index contributed by atoms with van der Waals surface area (Å²) in [5.74, 6) is -3.80. The Morgan fingerprint density at radius 3 is 2.60 bits per heavy atom. The number of amides is 3. The zero-order chi connectivity index (χ0) is 31.1. The van der Waals surface area contributed by atoms with Crippen LogP contribution in [0.5, 0.6) is 0 Å². The molecule has 4 aliphatic rings. The van der Waals surface area contributed by atoms with E-state index < -0.39 is 40.8 Å². The molecule has 1 aromatic rings. The predicted octanol–water partition coefficient (Wildman–Crippen LogP) is -0.0415.